The summed E-state index contributed by atoms with van der Waals surface area (Å²) in [6.07, 6.45) is 0.289. The molecule has 1 aliphatic rings. The van der Waals surface area contributed by atoms with Crippen molar-refractivity contribution in [3.05, 3.63) is 28.3 Å². The molecule has 0 aliphatic carbocycles. The van der Waals surface area contributed by atoms with Gasteiger partial charge in [0, 0.05) is 31.3 Å². The number of nitro benzene ring substituents is 1. The molecule has 1 aromatic carbocycles. The molecule has 0 radical (unpaired) electrons. The van der Waals surface area contributed by atoms with Crippen LogP contribution in [0.2, 0.25) is 18.1 Å². The molecule has 1 aliphatic heterocycles. The van der Waals surface area contributed by atoms with E-state index in [9.17, 15) is 14.9 Å². The lowest BCUT2D eigenvalue weighted by Crippen LogP contribution is -2.44. The Morgan fingerprint density at radius 2 is 1.93 bits per heavy atom. The van der Waals surface area contributed by atoms with Crippen LogP contribution >= 0.6 is 0 Å². The maximum absolute atomic E-state index is 11.4. The summed E-state index contributed by atoms with van der Waals surface area (Å²) >= 11 is 0. The number of benzene rings is 1. The monoisotopic (exact) mass is 395 g/mol. The molecule has 150 valence electrons. The first-order valence-corrected chi connectivity index (χ1v) is 12.0. The topological polar surface area (TPSA) is 105 Å². The first kappa shape index (κ1) is 21.0. The second-order valence-corrected chi connectivity index (χ2v) is 13.2. The summed E-state index contributed by atoms with van der Waals surface area (Å²) in [5, 5.41) is 23.7. The highest BCUT2D eigenvalue weighted by atomic mass is 28.4. The van der Waals surface area contributed by atoms with Gasteiger partial charge in [-0.25, -0.2) is 4.79 Å². The summed E-state index contributed by atoms with van der Waals surface area (Å²) in [5.74, 6) is 0.623. The van der Waals surface area contributed by atoms with E-state index >= 15 is 0 Å². The van der Waals surface area contributed by atoms with E-state index in [1.165, 1.54) is 11.0 Å². The highest BCUT2D eigenvalue weighted by Gasteiger charge is 2.39. The van der Waals surface area contributed by atoms with Crippen molar-refractivity contribution >= 4 is 25.8 Å². The Morgan fingerprint density at radius 3 is 2.41 bits per heavy atom. The van der Waals surface area contributed by atoms with Crippen molar-refractivity contribution in [1.82, 2.24) is 4.90 Å². The zero-order chi connectivity index (χ0) is 20.4. The van der Waals surface area contributed by atoms with E-state index < -0.39 is 19.3 Å². The Bertz CT molecular complexity index is 709. The molecule has 1 saturated heterocycles. The summed E-state index contributed by atoms with van der Waals surface area (Å²) in [5.41, 5.74) is 0.420. The van der Waals surface area contributed by atoms with Gasteiger partial charge in [0.05, 0.1) is 4.92 Å². The average Bonchev–Trinajstić information content (AvgIpc) is 2.53. The molecular weight excluding hydrogens is 366 g/mol. The summed E-state index contributed by atoms with van der Waals surface area (Å²) in [6.45, 7) is 11.5. The molecule has 1 heterocycles. The van der Waals surface area contributed by atoms with Crippen LogP contribution in [0, 0.1) is 10.1 Å². The van der Waals surface area contributed by atoms with E-state index in [0.29, 0.717) is 37.4 Å². The smallest absolute Gasteiger partial charge is 0.407 e. The Morgan fingerprint density at radius 1 is 1.33 bits per heavy atom. The van der Waals surface area contributed by atoms with Gasteiger partial charge in [-0.2, -0.15) is 0 Å². The molecule has 0 unspecified atom stereocenters. The number of piperidine rings is 1. The normalized spacial score (nSPS) is 16.1. The number of hydrogen-bond acceptors (Lipinski definition) is 5. The van der Waals surface area contributed by atoms with Gasteiger partial charge in [-0.05, 0) is 37.0 Å². The number of rotatable bonds is 5. The van der Waals surface area contributed by atoms with E-state index in [1.807, 2.05) is 0 Å². The second-order valence-electron chi connectivity index (χ2n) is 8.49. The highest BCUT2D eigenvalue weighted by molar-refractivity contribution is 6.74. The fraction of sp³-hybridized carbons (Fsp3) is 0.611. The number of hydrogen-bond donors (Lipinski definition) is 2. The molecule has 27 heavy (non-hydrogen) atoms. The molecule has 0 atom stereocenters. The largest absolute Gasteiger partial charge is 0.543 e. The first-order chi connectivity index (χ1) is 12.4. The summed E-state index contributed by atoms with van der Waals surface area (Å²) in [6, 6.07) is 4.80. The summed E-state index contributed by atoms with van der Waals surface area (Å²) < 4.78 is 6.27. The van der Waals surface area contributed by atoms with Crippen molar-refractivity contribution < 1.29 is 19.3 Å². The van der Waals surface area contributed by atoms with Crippen molar-refractivity contribution in [1.29, 1.82) is 0 Å². The van der Waals surface area contributed by atoms with E-state index in [-0.39, 0.29) is 16.8 Å². The SMILES string of the molecule is CC(C)(C)[Si](C)(C)Oc1ccc([N+](=O)[O-])c(NC2CCN(C(=O)O)CC2)c1. The number of carboxylic acid groups (broad SMARTS) is 1. The molecule has 8 nitrogen and oxygen atoms in total. The number of nitrogens with zero attached hydrogens (tertiary/aromatic N) is 2. The molecule has 0 saturated carbocycles. The van der Waals surface area contributed by atoms with Gasteiger partial charge in [-0.15, -0.1) is 0 Å². The Balaban J connectivity index is 2.19. The predicted molar refractivity (Wildman–Crippen MR) is 107 cm³/mol. The number of likely N-dealkylation sites (tertiary alicyclic amines) is 1. The number of amides is 1. The molecule has 0 bridgehead atoms. The Kier molecular flexibility index (Phi) is 6.03. The second kappa shape index (κ2) is 7.75. The maximum Gasteiger partial charge on any atom is 0.407 e. The van der Waals surface area contributed by atoms with Crippen LogP contribution in [0.3, 0.4) is 0 Å². The molecule has 1 aromatic rings. The van der Waals surface area contributed by atoms with Crippen molar-refractivity contribution in [2.75, 3.05) is 18.4 Å². The van der Waals surface area contributed by atoms with Gasteiger partial charge in [-0.1, -0.05) is 20.8 Å². The average molecular weight is 396 g/mol. The molecule has 2 N–H and O–H groups in total. The van der Waals surface area contributed by atoms with Crippen LogP contribution in [0.15, 0.2) is 18.2 Å². The van der Waals surface area contributed by atoms with Gasteiger partial charge in [0.15, 0.2) is 0 Å². The lowest BCUT2D eigenvalue weighted by molar-refractivity contribution is -0.384. The minimum atomic E-state index is -2.06. The fourth-order valence-electron chi connectivity index (χ4n) is 2.74. The van der Waals surface area contributed by atoms with Gasteiger partial charge >= 0.3 is 6.09 Å². The number of nitrogens with one attached hydrogen (secondary N) is 1. The van der Waals surface area contributed by atoms with Crippen LogP contribution in [0.5, 0.6) is 5.75 Å². The molecular formula is C18H29N3O5Si. The number of anilines is 1. The molecule has 1 fully saturated rings. The zero-order valence-electron chi connectivity index (χ0n) is 16.6. The molecule has 1 amide bonds. The minimum Gasteiger partial charge on any atom is -0.543 e. The summed E-state index contributed by atoms with van der Waals surface area (Å²) in [7, 11) is -2.06. The Labute approximate surface area is 160 Å². The lowest BCUT2D eigenvalue weighted by atomic mass is 10.0. The van der Waals surface area contributed by atoms with Crippen LogP contribution in [0.1, 0.15) is 33.6 Å². The maximum atomic E-state index is 11.4. The van der Waals surface area contributed by atoms with Crippen molar-refractivity contribution in [3.8, 4) is 5.75 Å². The zero-order valence-corrected chi connectivity index (χ0v) is 17.6. The third-order valence-corrected chi connectivity index (χ3v) is 9.83. The highest BCUT2D eigenvalue weighted by Crippen LogP contribution is 2.39. The van der Waals surface area contributed by atoms with Crippen molar-refractivity contribution in [3.63, 3.8) is 0 Å². The van der Waals surface area contributed by atoms with Crippen molar-refractivity contribution in [2.24, 2.45) is 0 Å². The lowest BCUT2D eigenvalue weighted by Gasteiger charge is -2.36. The van der Waals surface area contributed by atoms with Crippen LogP contribution in [-0.4, -0.2) is 48.5 Å². The van der Waals surface area contributed by atoms with Crippen LogP contribution in [-0.2, 0) is 0 Å². The van der Waals surface area contributed by atoms with Gasteiger partial charge in [0.1, 0.15) is 11.4 Å². The molecule has 0 spiro atoms. The fourth-order valence-corrected chi connectivity index (χ4v) is 3.76. The van der Waals surface area contributed by atoms with Gasteiger partial charge in [0.25, 0.3) is 5.69 Å². The van der Waals surface area contributed by atoms with Crippen LogP contribution in [0.4, 0.5) is 16.2 Å². The molecule has 0 aromatic heterocycles. The van der Waals surface area contributed by atoms with E-state index in [2.05, 4.69) is 39.2 Å². The van der Waals surface area contributed by atoms with E-state index in [4.69, 9.17) is 9.53 Å². The molecule has 2 rings (SSSR count). The standard InChI is InChI=1S/C18H29N3O5Si/c1-18(2,3)27(4,5)26-14-6-7-16(21(24)25)15(12-14)19-13-8-10-20(11-9-13)17(22)23/h6-7,12-13,19H,8-11H2,1-5H3,(H,22,23). The predicted octanol–water partition coefficient (Wildman–Crippen LogP) is 4.53. The van der Waals surface area contributed by atoms with E-state index in [0.717, 1.165) is 0 Å². The third kappa shape index (κ3) is 5.12. The van der Waals surface area contributed by atoms with Crippen LogP contribution < -0.4 is 9.74 Å². The third-order valence-electron chi connectivity index (χ3n) is 5.47. The number of nitro groups is 1. The first-order valence-electron chi connectivity index (χ1n) is 9.12. The molecule has 9 heteroatoms. The van der Waals surface area contributed by atoms with Gasteiger partial charge < -0.3 is 19.7 Å². The van der Waals surface area contributed by atoms with Gasteiger partial charge in [0.2, 0.25) is 8.32 Å². The Hall–Kier alpha value is -2.29. The minimum absolute atomic E-state index is 0.00162. The van der Waals surface area contributed by atoms with Gasteiger partial charge in [-0.3, -0.25) is 10.1 Å². The van der Waals surface area contributed by atoms with E-state index in [1.54, 1.807) is 12.1 Å². The van der Waals surface area contributed by atoms with Crippen LogP contribution in [0.25, 0.3) is 0 Å². The van der Waals surface area contributed by atoms with Crippen molar-refractivity contribution in [2.45, 2.75) is 57.8 Å². The number of carbonyl (C=O) groups is 1. The quantitative estimate of drug-likeness (QED) is 0.431. The summed E-state index contributed by atoms with van der Waals surface area (Å²) in [4.78, 5) is 23.4.